The van der Waals surface area contributed by atoms with E-state index in [9.17, 15) is 13.2 Å². The summed E-state index contributed by atoms with van der Waals surface area (Å²) < 4.78 is 34.3. The van der Waals surface area contributed by atoms with Gasteiger partial charge in [0.2, 0.25) is 10.0 Å². The van der Waals surface area contributed by atoms with Crippen molar-refractivity contribution in [1.29, 1.82) is 0 Å². The molecule has 1 saturated heterocycles. The summed E-state index contributed by atoms with van der Waals surface area (Å²) in [7, 11) is -0.505. The van der Waals surface area contributed by atoms with E-state index >= 15 is 0 Å². The molecule has 1 aliphatic rings. The Morgan fingerprint density at radius 1 is 1.46 bits per heavy atom. The van der Waals surface area contributed by atoms with E-state index in [0.29, 0.717) is 13.2 Å². The van der Waals surface area contributed by atoms with Gasteiger partial charge in [-0.25, -0.2) is 13.1 Å². The van der Waals surface area contributed by atoms with Crippen molar-refractivity contribution in [3.63, 3.8) is 0 Å². The van der Waals surface area contributed by atoms with E-state index in [4.69, 9.17) is 10.5 Å². The van der Waals surface area contributed by atoms with Gasteiger partial charge in [-0.15, -0.1) is 12.4 Å². The summed E-state index contributed by atoms with van der Waals surface area (Å²) in [6, 6.07) is 1.29. The number of amides is 1. The molecule has 0 aliphatic carbocycles. The van der Waals surface area contributed by atoms with Crippen LogP contribution in [0.4, 0.5) is 0 Å². The van der Waals surface area contributed by atoms with Gasteiger partial charge in [0, 0.05) is 32.3 Å². The number of halogens is 1. The van der Waals surface area contributed by atoms with Crippen molar-refractivity contribution in [2.45, 2.75) is 17.7 Å². The predicted octanol–water partition coefficient (Wildman–Crippen LogP) is -0.160. The van der Waals surface area contributed by atoms with Crippen LogP contribution in [0, 0.1) is 5.41 Å². The third-order valence-corrected chi connectivity index (χ3v) is 5.66. The number of primary amides is 1. The van der Waals surface area contributed by atoms with Gasteiger partial charge in [0.25, 0.3) is 5.91 Å². The average molecular weight is 381 g/mol. The molecule has 10 heteroatoms. The summed E-state index contributed by atoms with van der Waals surface area (Å²) in [5.41, 5.74) is 5.16. The third-order valence-electron chi connectivity index (χ3n) is 4.29. The molecule has 138 valence electrons. The zero-order chi connectivity index (χ0) is 17.1. The number of nitrogens with one attached hydrogen (secondary N) is 2. The Bertz CT molecular complexity index is 663. The van der Waals surface area contributed by atoms with E-state index < -0.39 is 15.9 Å². The molecule has 4 N–H and O–H groups in total. The number of hydrogen-bond acceptors (Lipinski definition) is 5. The van der Waals surface area contributed by atoms with Gasteiger partial charge in [-0.1, -0.05) is 0 Å². The highest BCUT2D eigenvalue weighted by atomic mass is 35.5. The number of carbonyl (C=O) groups excluding carboxylic acids is 1. The summed E-state index contributed by atoms with van der Waals surface area (Å²) in [4.78, 5) is 11.3. The number of nitrogens with zero attached hydrogens (tertiary/aromatic N) is 1. The second kappa shape index (κ2) is 8.30. The second-order valence-electron chi connectivity index (χ2n) is 6.04. The first kappa shape index (κ1) is 20.9. The summed E-state index contributed by atoms with van der Waals surface area (Å²) in [6.07, 6.45) is 3.06. The SMILES string of the molecule is COCC1(CNS(=O)(=O)c2cc(C(N)=O)n(C)c2)CCNCC1.Cl. The van der Waals surface area contributed by atoms with Gasteiger partial charge in [-0.3, -0.25) is 4.79 Å². The summed E-state index contributed by atoms with van der Waals surface area (Å²) in [5, 5.41) is 3.26. The molecule has 2 rings (SSSR count). The molecule has 1 amide bonds. The van der Waals surface area contributed by atoms with Gasteiger partial charge >= 0.3 is 0 Å². The first-order valence-corrected chi connectivity index (χ1v) is 8.93. The molecule has 0 bridgehead atoms. The van der Waals surface area contributed by atoms with Crippen LogP contribution in [0.5, 0.6) is 0 Å². The van der Waals surface area contributed by atoms with Crippen LogP contribution in [-0.4, -0.2) is 52.2 Å². The Morgan fingerprint density at radius 2 is 2.08 bits per heavy atom. The quantitative estimate of drug-likeness (QED) is 0.608. The van der Waals surface area contributed by atoms with Crippen LogP contribution in [0.2, 0.25) is 0 Å². The predicted molar refractivity (Wildman–Crippen MR) is 92.8 cm³/mol. The first-order chi connectivity index (χ1) is 10.8. The molecule has 1 aliphatic heterocycles. The van der Waals surface area contributed by atoms with Gasteiger partial charge in [-0.2, -0.15) is 0 Å². The minimum absolute atomic E-state index is 0. The van der Waals surface area contributed by atoms with Crippen molar-refractivity contribution in [3.8, 4) is 0 Å². The van der Waals surface area contributed by atoms with Crippen LogP contribution in [0.3, 0.4) is 0 Å². The molecule has 0 radical (unpaired) electrons. The summed E-state index contributed by atoms with van der Waals surface area (Å²) in [6.45, 7) is 2.47. The van der Waals surface area contributed by atoms with Gasteiger partial charge in [-0.05, 0) is 32.0 Å². The molecule has 1 aromatic heterocycles. The molecule has 8 nitrogen and oxygen atoms in total. The first-order valence-electron chi connectivity index (χ1n) is 7.45. The van der Waals surface area contributed by atoms with Crippen molar-refractivity contribution in [2.24, 2.45) is 18.2 Å². The Hall–Kier alpha value is -1.13. The Morgan fingerprint density at radius 3 is 2.58 bits per heavy atom. The van der Waals surface area contributed by atoms with E-state index in [1.165, 1.54) is 16.8 Å². The zero-order valence-electron chi connectivity index (χ0n) is 13.9. The van der Waals surface area contributed by atoms with E-state index in [1.54, 1.807) is 14.2 Å². The minimum Gasteiger partial charge on any atom is -0.384 e. The highest BCUT2D eigenvalue weighted by Crippen LogP contribution is 2.29. The maximum Gasteiger partial charge on any atom is 0.265 e. The molecule has 0 atom stereocenters. The highest BCUT2D eigenvalue weighted by molar-refractivity contribution is 7.89. The number of sulfonamides is 1. The lowest BCUT2D eigenvalue weighted by atomic mass is 9.80. The zero-order valence-corrected chi connectivity index (χ0v) is 15.5. The Kier molecular flexibility index (Phi) is 7.24. The lowest BCUT2D eigenvalue weighted by molar-refractivity contribution is 0.0577. The molecule has 1 aromatic rings. The van der Waals surface area contributed by atoms with E-state index in [-0.39, 0.29) is 28.4 Å². The van der Waals surface area contributed by atoms with Crippen molar-refractivity contribution in [2.75, 3.05) is 33.4 Å². The Labute approximate surface area is 148 Å². The summed E-state index contributed by atoms with van der Waals surface area (Å²) in [5.74, 6) is -0.664. The molecule has 0 unspecified atom stereocenters. The van der Waals surface area contributed by atoms with E-state index in [1.807, 2.05) is 0 Å². The second-order valence-corrected chi connectivity index (χ2v) is 7.81. The smallest absolute Gasteiger partial charge is 0.265 e. The Balaban J connectivity index is 0.00000288. The number of aromatic nitrogens is 1. The highest BCUT2D eigenvalue weighted by Gasteiger charge is 2.34. The fourth-order valence-electron chi connectivity index (χ4n) is 2.89. The number of ether oxygens (including phenoxy) is 1. The normalized spacial score (nSPS) is 17.2. The average Bonchev–Trinajstić information content (AvgIpc) is 2.90. The molecule has 1 fully saturated rings. The molecular formula is C14H25ClN4O4S. The van der Waals surface area contributed by atoms with Crippen molar-refractivity contribution < 1.29 is 17.9 Å². The number of piperidine rings is 1. The minimum atomic E-state index is -3.71. The maximum atomic E-state index is 12.5. The summed E-state index contributed by atoms with van der Waals surface area (Å²) >= 11 is 0. The largest absolute Gasteiger partial charge is 0.384 e. The van der Waals surface area contributed by atoms with Gasteiger partial charge in [0.15, 0.2) is 0 Å². The molecule has 2 heterocycles. The van der Waals surface area contributed by atoms with Crippen molar-refractivity contribution in [1.82, 2.24) is 14.6 Å². The maximum absolute atomic E-state index is 12.5. The number of carbonyl (C=O) groups is 1. The fourth-order valence-corrected chi connectivity index (χ4v) is 4.12. The van der Waals surface area contributed by atoms with Gasteiger partial charge in [0.1, 0.15) is 10.6 Å². The fraction of sp³-hybridized carbons (Fsp3) is 0.643. The van der Waals surface area contributed by atoms with Crippen LogP contribution >= 0.6 is 12.4 Å². The van der Waals surface area contributed by atoms with Crippen LogP contribution in [0.1, 0.15) is 23.3 Å². The number of rotatable bonds is 7. The van der Waals surface area contributed by atoms with Crippen molar-refractivity contribution >= 4 is 28.3 Å². The lowest BCUT2D eigenvalue weighted by Gasteiger charge is -2.37. The van der Waals surface area contributed by atoms with E-state index in [0.717, 1.165) is 25.9 Å². The molecule has 24 heavy (non-hydrogen) atoms. The standard InChI is InChI=1S/C14H24N4O4S.ClH/c1-18-8-11(7-12(18)13(15)19)23(20,21)17-9-14(10-22-2)3-5-16-6-4-14;/h7-8,16-17H,3-6,9-10H2,1-2H3,(H2,15,19);1H. The lowest BCUT2D eigenvalue weighted by Crippen LogP contribution is -2.47. The number of nitrogens with two attached hydrogens (primary N) is 1. The molecular weight excluding hydrogens is 356 g/mol. The van der Waals surface area contributed by atoms with Gasteiger partial charge in [0.05, 0.1) is 6.61 Å². The number of aryl methyl sites for hydroxylation is 1. The number of hydrogen-bond donors (Lipinski definition) is 3. The monoisotopic (exact) mass is 380 g/mol. The topological polar surface area (TPSA) is 115 Å². The molecule has 0 aromatic carbocycles. The van der Waals surface area contributed by atoms with E-state index in [2.05, 4.69) is 10.0 Å². The van der Waals surface area contributed by atoms with Gasteiger partial charge < -0.3 is 20.4 Å². The van der Waals surface area contributed by atoms with Crippen LogP contribution < -0.4 is 15.8 Å². The third kappa shape index (κ3) is 4.70. The molecule has 0 saturated carbocycles. The molecule has 0 spiro atoms. The van der Waals surface area contributed by atoms with Crippen LogP contribution in [0.15, 0.2) is 17.2 Å². The van der Waals surface area contributed by atoms with Crippen LogP contribution in [0.25, 0.3) is 0 Å². The van der Waals surface area contributed by atoms with Crippen LogP contribution in [-0.2, 0) is 21.8 Å². The van der Waals surface area contributed by atoms with Crippen molar-refractivity contribution in [3.05, 3.63) is 18.0 Å². The number of methoxy groups -OCH3 is 1.